The van der Waals surface area contributed by atoms with Crippen LogP contribution in [0.4, 0.5) is 11.4 Å². The summed E-state index contributed by atoms with van der Waals surface area (Å²) < 4.78 is 4.85. The fourth-order valence-corrected chi connectivity index (χ4v) is 2.42. The minimum Gasteiger partial charge on any atom is -0.461 e. The number of esters is 1. The highest BCUT2D eigenvalue weighted by molar-refractivity contribution is 6.36. The van der Waals surface area contributed by atoms with Crippen molar-refractivity contribution in [2.24, 2.45) is 0 Å². The van der Waals surface area contributed by atoms with Crippen LogP contribution in [0.2, 0.25) is 0 Å². The first kappa shape index (κ1) is 14.7. The quantitative estimate of drug-likeness (QED) is 0.683. The monoisotopic (exact) mass is 311 g/mol. The number of pyridine rings is 1. The van der Waals surface area contributed by atoms with Gasteiger partial charge in [-0.05, 0) is 19.1 Å². The van der Waals surface area contributed by atoms with Crippen molar-refractivity contribution in [3.05, 3.63) is 53.3 Å². The predicted molar refractivity (Wildman–Crippen MR) is 82.2 cm³/mol. The van der Waals surface area contributed by atoms with Crippen LogP contribution in [0.25, 0.3) is 0 Å². The minimum atomic E-state index is -0.730. The number of nitrogen functional groups attached to an aromatic ring is 1. The molecule has 0 bridgehead atoms. The second kappa shape index (κ2) is 5.53. The Morgan fingerprint density at radius 2 is 1.91 bits per heavy atom. The van der Waals surface area contributed by atoms with Crippen LogP contribution in [0, 0.1) is 0 Å². The van der Waals surface area contributed by atoms with Gasteiger partial charge in [0.1, 0.15) is 0 Å². The van der Waals surface area contributed by atoms with E-state index in [0.717, 1.165) is 4.90 Å². The van der Waals surface area contributed by atoms with Gasteiger partial charge in [-0.3, -0.25) is 9.59 Å². The molecule has 3 rings (SSSR count). The number of ether oxygens (including phenoxy) is 1. The van der Waals surface area contributed by atoms with E-state index in [9.17, 15) is 14.4 Å². The highest BCUT2D eigenvalue weighted by Crippen LogP contribution is 2.32. The highest BCUT2D eigenvalue weighted by atomic mass is 16.5. The summed E-state index contributed by atoms with van der Waals surface area (Å²) in [5.41, 5.74) is 6.07. The lowest BCUT2D eigenvalue weighted by atomic mass is 10.1. The van der Waals surface area contributed by atoms with Crippen molar-refractivity contribution in [3.8, 4) is 0 Å². The molecule has 7 nitrogen and oxygen atoms in total. The van der Waals surface area contributed by atoms with Crippen LogP contribution in [-0.4, -0.2) is 29.4 Å². The molecule has 0 fully saturated rings. The van der Waals surface area contributed by atoms with Gasteiger partial charge in [-0.2, -0.15) is 0 Å². The van der Waals surface area contributed by atoms with E-state index in [2.05, 4.69) is 4.98 Å². The largest absolute Gasteiger partial charge is 0.461 e. The molecule has 2 heterocycles. The van der Waals surface area contributed by atoms with Crippen LogP contribution in [0.3, 0.4) is 0 Å². The molecule has 0 saturated carbocycles. The van der Waals surface area contributed by atoms with Crippen LogP contribution in [-0.2, 0) is 4.74 Å². The SMILES string of the molecule is CCOC(=O)c1ncc2c(c1N)C(=O)N(c1ccccc1)C2=O. The summed E-state index contributed by atoms with van der Waals surface area (Å²) in [4.78, 5) is 41.8. The summed E-state index contributed by atoms with van der Waals surface area (Å²) >= 11 is 0. The molecule has 0 unspecified atom stereocenters. The topological polar surface area (TPSA) is 103 Å². The molecule has 1 aromatic carbocycles. The number of nitrogens with two attached hydrogens (primary N) is 1. The first-order chi connectivity index (χ1) is 11.1. The molecule has 0 spiro atoms. The molecule has 23 heavy (non-hydrogen) atoms. The summed E-state index contributed by atoms with van der Waals surface area (Å²) in [7, 11) is 0. The number of hydrogen-bond acceptors (Lipinski definition) is 6. The average molecular weight is 311 g/mol. The number of fused-ring (bicyclic) bond motifs is 1. The maximum atomic E-state index is 12.6. The third-order valence-electron chi connectivity index (χ3n) is 3.45. The molecule has 1 aromatic heterocycles. The molecule has 2 aromatic rings. The van der Waals surface area contributed by atoms with Gasteiger partial charge < -0.3 is 10.5 Å². The van der Waals surface area contributed by atoms with E-state index in [4.69, 9.17) is 10.5 Å². The number of rotatable bonds is 3. The van der Waals surface area contributed by atoms with Crippen molar-refractivity contribution in [2.75, 3.05) is 17.2 Å². The molecule has 0 atom stereocenters. The normalized spacial score (nSPS) is 13.2. The van der Waals surface area contributed by atoms with E-state index in [1.165, 1.54) is 6.20 Å². The first-order valence-corrected chi connectivity index (χ1v) is 6.95. The molecule has 7 heteroatoms. The lowest BCUT2D eigenvalue weighted by molar-refractivity contribution is 0.0520. The minimum absolute atomic E-state index is 0.0168. The van der Waals surface area contributed by atoms with E-state index in [0.29, 0.717) is 5.69 Å². The second-order valence-electron chi connectivity index (χ2n) is 4.81. The Balaban J connectivity index is 2.09. The summed E-state index contributed by atoms with van der Waals surface area (Å²) in [6.45, 7) is 1.80. The van der Waals surface area contributed by atoms with E-state index in [-0.39, 0.29) is 29.1 Å². The molecule has 2 amide bonds. The third kappa shape index (κ3) is 2.22. The van der Waals surface area contributed by atoms with Crippen LogP contribution >= 0.6 is 0 Å². The van der Waals surface area contributed by atoms with Gasteiger partial charge in [-0.15, -0.1) is 0 Å². The molecule has 1 aliphatic heterocycles. The molecule has 0 saturated heterocycles. The second-order valence-corrected chi connectivity index (χ2v) is 4.81. The fraction of sp³-hybridized carbons (Fsp3) is 0.125. The van der Waals surface area contributed by atoms with Crippen molar-refractivity contribution in [1.82, 2.24) is 4.98 Å². The number of hydrogen-bond donors (Lipinski definition) is 1. The number of anilines is 2. The average Bonchev–Trinajstić information content (AvgIpc) is 2.80. The number of imide groups is 1. The lowest BCUT2D eigenvalue weighted by Gasteiger charge is -2.13. The number of para-hydroxylation sites is 1. The molecule has 0 aliphatic carbocycles. The highest BCUT2D eigenvalue weighted by Gasteiger charge is 2.40. The summed E-state index contributed by atoms with van der Waals surface area (Å²) in [6.07, 6.45) is 1.18. The number of carbonyl (C=O) groups excluding carboxylic acids is 3. The van der Waals surface area contributed by atoms with Gasteiger partial charge in [-0.25, -0.2) is 14.7 Å². The standard InChI is InChI=1S/C16H13N3O4/c1-2-23-16(22)13-12(17)11-10(8-18-13)14(20)19(15(11)21)9-6-4-3-5-7-9/h3-8H,2,17H2,1H3. The van der Waals surface area contributed by atoms with Crippen molar-refractivity contribution >= 4 is 29.2 Å². The number of amides is 2. The lowest BCUT2D eigenvalue weighted by Crippen LogP contribution is -2.29. The number of benzene rings is 1. The van der Waals surface area contributed by atoms with E-state index in [1.54, 1.807) is 37.3 Å². The Morgan fingerprint density at radius 3 is 2.57 bits per heavy atom. The van der Waals surface area contributed by atoms with Crippen molar-refractivity contribution in [2.45, 2.75) is 6.92 Å². The zero-order valence-corrected chi connectivity index (χ0v) is 12.3. The Bertz CT molecular complexity index is 818. The maximum Gasteiger partial charge on any atom is 0.359 e. The smallest absolute Gasteiger partial charge is 0.359 e. The zero-order chi connectivity index (χ0) is 16.6. The van der Waals surface area contributed by atoms with Crippen LogP contribution < -0.4 is 10.6 Å². The predicted octanol–water partition coefficient (Wildman–Crippen LogP) is 1.64. The van der Waals surface area contributed by atoms with Gasteiger partial charge in [0.15, 0.2) is 5.69 Å². The Morgan fingerprint density at radius 1 is 1.22 bits per heavy atom. The fourth-order valence-electron chi connectivity index (χ4n) is 2.42. The van der Waals surface area contributed by atoms with E-state index >= 15 is 0 Å². The number of nitrogens with zero attached hydrogens (tertiary/aromatic N) is 2. The number of aromatic nitrogens is 1. The summed E-state index contributed by atoms with van der Waals surface area (Å²) in [5.74, 6) is -1.83. The molecule has 0 radical (unpaired) electrons. The molecular weight excluding hydrogens is 298 g/mol. The van der Waals surface area contributed by atoms with Gasteiger partial charge in [0.05, 0.1) is 29.1 Å². The van der Waals surface area contributed by atoms with Crippen molar-refractivity contribution in [3.63, 3.8) is 0 Å². The van der Waals surface area contributed by atoms with Gasteiger partial charge >= 0.3 is 5.97 Å². The zero-order valence-electron chi connectivity index (χ0n) is 12.3. The van der Waals surface area contributed by atoms with Gasteiger partial charge in [0, 0.05) is 6.20 Å². The van der Waals surface area contributed by atoms with Gasteiger partial charge in [0.2, 0.25) is 0 Å². The van der Waals surface area contributed by atoms with Crippen LogP contribution in [0.1, 0.15) is 38.1 Å². The van der Waals surface area contributed by atoms with E-state index in [1.807, 2.05) is 0 Å². The van der Waals surface area contributed by atoms with Gasteiger partial charge in [-0.1, -0.05) is 18.2 Å². The summed E-state index contributed by atoms with van der Waals surface area (Å²) in [6, 6.07) is 8.47. The molecular formula is C16H13N3O4. The first-order valence-electron chi connectivity index (χ1n) is 6.95. The van der Waals surface area contributed by atoms with Gasteiger partial charge in [0.25, 0.3) is 11.8 Å². The molecule has 1 aliphatic rings. The van der Waals surface area contributed by atoms with Crippen LogP contribution in [0.5, 0.6) is 0 Å². The Labute approximate surface area is 131 Å². The third-order valence-corrected chi connectivity index (χ3v) is 3.45. The van der Waals surface area contributed by atoms with Crippen molar-refractivity contribution in [1.29, 1.82) is 0 Å². The number of carbonyl (C=O) groups is 3. The van der Waals surface area contributed by atoms with E-state index < -0.39 is 17.8 Å². The van der Waals surface area contributed by atoms with Crippen molar-refractivity contribution < 1.29 is 19.1 Å². The maximum absolute atomic E-state index is 12.6. The molecule has 116 valence electrons. The summed E-state index contributed by atoms with van der Waals surface area (Å²) in [5, 5.41) is 0. The van der Waals surface area contributed by atoms with Crippen LogP contribution in [0.15, 0.2) is 36.5 Å². The Kier molecular flexibility index (Phi) is 3.53. The molecule has 2 N–H and O–H groups in total. The Hall–Kier alpha value is -3.22.